The van der Waals surface area contributed by atoms with Crippen molar-refractivity contribution >= 4 is 5.91 Å². The van der Waals surface area contributed by atoms with E-state index in [9.17, 15) is 9.18 Å². The molecule has 1 aliphatic carbocycles. The summed E-state index contributed by atoms with van der Waals surface area (Å²) in [6, 6.07) is 6.02. The molecule has 6 nitrogen and oxygen atoms in total. The Hall–Kier alpha value is -2.28. The number of hydrogen-bond acceptors (Lipinski definition) is 4. The molecule has 7 heteroatoms. The smallest absolute Gasteiger partial charge is 0.276 e. The Balaban J connectivity index is 1.54. The topological polar surface area (TPSA) is 60.2 Å². The zero-order chi connectivity index (χ0) is 17.8. The van der Waals surface area contributed by atoms with Crippen LogP contribution in [0.5, 0.6) is 0 Å². The highest BCUT2D eigenvalue weighted by Crippen LogP contribution is 2.54. The van der Waals surface area contributed by atoms with Crippen LogP contribution in [-0.4, -0.2) is 51.6 Å². The van der Waals surface area contributed by atoms with Crippen molar-refractivity contribution in [2.75, 3.05) is 13.7 Å². The molecule has 1 aromatic carbocycles. The highest BCUT2D eigenvalue weighted by Gasteiger charge is 2.61. The van der Waals surface area contributed by atoms with Crippen molar-refractivity contribution in [2.45, 2.75) is 32.4 Å². The fraction of sp³-hybridized carbons (Fsp3) is 0.500. The second-order valence-corrected chi connectivity index (χ2v) is 7.45. The number of halogens is 1. The first kappa shape index (κ1) is 16.2. The second-order valence-electron chi connectivity index (χ2n) is 7.45. The summed E-state index contributed by atoms with van der Waals surface area (Å²) >= 11 is 0. The molecule has 0 N–H and O–H groups in total. The minimum absolute atomic E-state index is 0.0709. The summed E-state index contributed by atoms with van der Waals surface area (Å²) in [5.74, 6) is -0.0895. The summed E-state index contributed by atoms with van der Waals surface area (Å²) in [7, 11) is 1.82. The highest BCUT2D eigenvalue weighted by atomic mass is 19.1. The van der Waals surface area contributed by atoms with Crippen molar-refractivity contribution in [1.29, 1.82) is 0 Å². The van der Waals surface area contributed by atoms with E-state index in [1.54, 1.807) is 23.2 Å². The van der Waals surface area contributed by atoms with Crippen LogP contribution in [0.1, 0.15) is 30.8 Å². The van der Waals surface area contributed by atoms with Gasteiger partial charge in [0.25, 0.3) is 5.91 Å². The molecule has 25 heavy (non-hydrogen) atoms. The van der Waals surface area contributed by atoms with Crippen LogP contribution in [0.4, 0.5) is 4.39 Å². The Morgan fingerprint density at radius 2 is 2.08 bits per heavy atom. The molecule has 0 bridgehead atoms. The first-order valence-corrected chi connectivity index (χ1v) is 8.46. The van der Waals surface area contributed by atoms with Gasteiger partial charge in [0.05, 0.1) is 18.0 Å². The third-order valence-corrected chi connectivity index (χ3v) is 5.58. The van der Waals surface area contributed by atoms with Crippen molar-refractivity contribution in [2.24, 2.45) is 11.3 Å². The van der Waals surface area contributed by atoms with Crippen LogP contribution in [0.3, 0.4) is 0 Å². The van der Waals surface area contributed by atoms with Crippen molar-refractivity contribution in [3.8, 4) is 5.69 Å². The number of carbonyl (C=O) groups excluding carboxylic acids is 1. The fourth-order valence-electron chi connectivity index (χ4n) is 4.47. The molecular weight excluding hydrogens is 323 g/mol. The molecule has 2 aliphatic rings. The summed E-state index contributed by atoms with van der Waals surface area (Å²) in [4.78, 5) is 14.6. The molecule has 1 aliphatic heterocycles. The molecule has 2 fully saturated rings. The van der Waals surface area contributed by atoms with Crippen molar-refractivity contribution in [3.05, 3.63) is 42.0 Å². The van der Waals surface area contributed by atoms with E-state index < -0.39 is 0 Å². The molecule has 2 heterocycles. The van der Waals surface area contributed by atoms with Gasteiger partial charge in [-0.2, -0.15) is 0 Å². The summed E-state index contributed by atoms with van der Waals surface area (Å²) in [6.45, 7) is 5.05. The quantitative estimate of drug-likeness (QED) is 0.857. The summed E-state index contributed by atoms with van der Waals surface area (Å²) < 4.78 is 20.3. The zero-order valence-electron chi connectivity index (χ0n) is 14.5. The van der Waals surface area contributed by atoms with E-state index in [1.165, 1.54) is 16.8 Å². The van der Waals surface area contributed by atoms with Crippen LogP contribution >= 0.6 is 0 Å². The molecule has 0 spiro atoms. The lowest BCUT2D eigenvalue weighted by Crippen LogP contribution is -2.66. The minimum atomic E-state index is -0.319. The lowest BCUT2D eigenvalue weighted by Gasteiger charge is -2.57. The Kier molecular flexibility index (Phi) is 3.64. The van der Waals surface area contributed by atoms with Gasteiger partial charge in [-0.25, -0.2) is 9.07 Å². The van der Waals surface area contributed by atoms with Gasteiger partial charge in [0.1, 0.15) is 5.82 Å². The molecule has 1 saturated carbocycles. The fourth-order valence-corrected chi connectivity index (χ4v) is 4.47. The Bertz CT molecular complexity index is 802. The minimum Gasteiger partial charge on any atom is -0.377 e. The van der Waals surface area contributed by atoms with Crippen LogP contribution in [0, 0.1) is 17.2 Å². The van der Waals surface area contributed by atoms with E-state index in [0.717, 1.165) is 13.0 Å². The largest absolute Gasteiger partial charge is 0.377 e. The van der Waals surface area contributed by atoms with E-state index in [-0.39, 0.29) is 35.0 Å². The molecule has 3 atom stereocenters. The third kappa shape index (κ3) is 2.45. The van der Waals surface area contributed by atoms with Crippen LogP contribution < -0.4 is 0 Å². The second kappa shape index (κ2) is 5.62. The average Bonchev–Trinajstić information content (AvgIpc) is 3.23. The first-order chi connectivity index (χ1) is 11.9. The van der Waals surface area contributed by atoms with Crippen LogP contribution in [-0.2, 0) is 4.74 Å². The molecule has 0 radical (unpaired) electrons. The molecule has 1 amide bonds. The van der Waals surface area contributed by atoms with Gasteiger partial charge in [0.2, 0.25) is 0 Å². The number of nitrogens with zero attached hydrogens (tertiary/aromatic N) is 4. The number of aromatic nitrogens is 3. The molecule has 132 valence electrons. The monoisotopic (exact) mass is 344 g/mol. The average molecular weight is 344 g/mol. The van der Waals surface area contributed by atoms with Gasteiger partial charge in [-0.15, -0.1) is 5.10 Å². The maximum absolute atomic E-state index is 13.0. The van der Waals surface area contributed by atoms with Gasteiger partial charge in [-0.1, -0.05) is 19.1 Å². The molecule has 3 unspecified atom stereocenters. The van der Waals surface area contributed by atoms with E-state index >= 15 is 0 Å². The molecule has 2 aromatic rings. The van der Waals surface area contributed by atoms with Gasteiger partial charge in [-0.05, 0) is 30.7 Å². The van der Waals surface area contributed by atoms with E-state index in [2.05, 4.69) is 24.2 Å². The SMILES string of the molecule is CN(C(=O)c1cn(-c2ccc(F)cc2)nn1)C1C2CCOC2C1(C)C. The van der Waals surface area contributed by atoms with Gasteiger partial charge in [0, 0.05) is 31.0 Å². The lowest BCUT2D eigenvalue weighted by molar-refractivity contribution is -0.139. The van der Waals surface area contributed by atoms with Gasteiger partial charge < -0.3 is 9.64 Å². The molecule has 1 saturated heterocycles. The van der Waals surface area contributed by atoms with Gasteiger partial charge in [-0.3, -0.25) is 4.79 Å². The number of hydrogen-bond donors (Lipinski definition) is 0. The summed E-state index contributed by atoms with van der Waals surface area (Å²) in [6.07, 6.45) is 2.79. The highest BCUT2D eigenvalue weighted by molar-refractivity contribution is 5.92. The van der Waals surface area contributed by atoms with Crippen molar-refractivity contribution < 1.29 is 13.9 Å². The Morgan fingerprint density at radius 1 is 1.36 bits per heavy atom. The maximum Gasteiger partial charge on any atom is 0.276 e. The number of ether oxygens (including phenoxy) is 1. The standard InChI is InChI=1S/C18H21FN4O2/c1-18(2)15(13-8-9-25-16(13)18)22(3)17(24)14-10-23(21-20-14)12-6-4-11(19)5-7-12/h4-7,10,13,15-16H,8-9H2,1-3H3. The number of carbonyl (C=O) groups is 1. The van der Waals surface area contributed by atoms with E-state index in [1.807, 2.05) is 7.05 Å². The normalized spacial score (nSPS) is 26.8. The van der Waals surface area contributed by atoms with Crippen LogP contribution in [0.15, 0.2) is 30.5 Å². The third-order valence-electron chi connectivity index (χ3n) is 5.58. The maximum atomic E-state index is 13.0. The number of rotatable bonds is 3. The van der Waals surface area contributed by atoms with Crippen LogP contribution in [0.2, 0.25) is 0 Å². The molecular formula is C18H21FN4O2. The van der Waals surface area contributed by atoms with Crippen LogP contribution in [0.25, 0.3) is 5.69 Å². The number of amides is 1. The van der Waals surface area contributed by atoms with Crippen molar-refractivity contribution in [1.82, 2.24) is 19.9 Å². The predicted molar refractivity (Wildman–Crippen MR) is 88.8 cm³/mol. The van der Waals surface area contributed by atoms with E-state index in [0.29, 0.717) is 11.6 Å². The number of benzene rings is 1. The first-order valence-electron chi connectivity index (χ1n) is 8.46. The van der Waals surface area contributed by atoms with Gasteiger partial charge in [0.15, 0.2) is 5.69 Å². The lowest BCUT2D eigenvalue weighted by atomic mass is 9.57. The van der Waals surface area contributed by atoms with E-state index in [4.69, 9.17) is 4.74 Å². The Morgan fingerprint density at radius 3 is 2.80 bits per heavy atom. The number of fused-ring (bicyclic) bond motifs is 1. The molecule has 4 rings (SSSR count). The predicted octanol–water partition coefficient (Wildman–Crippen LogP) is 2.29. The zero-order valence-corrected chi connectivity index (χ0v) is 14.5. The summed E-state index contributed by atoms with van der Waals surface area (Å²) in [5, 5.41) is 8.00. The van der Waals surface area contributed by atoms with Gasteiger partial charge >= 0.3 is 0 Å². The Labute approximate surface area is 145 Å². The molecule has 1 aromatic heterocycles. The van der Waals surface area contributed by atoms with Crippen molar-refractivity contribution in [3.63, 3.8) is 0 Å². The summed E-state index contributed by atoms with van der Waals surface area (Å²) in [5.41, 5.74) is 0.868.